The van der Waals surface area contributed by atoms with E-state index in [1.165, 1.54) is 0 Å². The topological polar surface area (TPSA) is 12.0 Å². The summed E-state index contributed by atoms with van der Waals surface area (Å²) in [5, 5.41) is 3.06. The molecule has 0 aliphatic heterocycles. The lowest BCUT2D eigenvalue weighted by Crippen LogP contribution is -2.18. The van der Waals surface area contributed by atoms with E-state index in [0.29, 0.717) is 19.5 Å². The Bertz CT molecular complexity index is 163. The van der Waals surface area contributed by atoms with Crippen molar-refractivity contribution in [3.8, 4) is 0 Å². The summed E-state index contributed by atoms with van der Waals surface area (Å²) in [6.07, 6.45) is -3.00. The summed E-state index contributed by atoms with van der Waals surface area (Å²) in [4.78, 5) is 0. The third-order valence-corrected chi connectivity index (χ3v) is 1.94. The van der Waals surface area contributed by atoms with Crippen LogP contribution in [0.15, 0.2) is 12.2 Å². The molecule has 0 amide bonds. The average Bonchev–Trinajstić information content (AvgIpc) is 2.08. The van der Waals surface area contributed by atoms with Crippen LogP contribution in [0.2, 0.25) is 0 Å². The lowest BCUT2D eigenvalue weighted by atomic mass is 10.2. The minimum Gasteiger partial charge on any atom is -0.313 e. The molecule has 0 rings (SSSR count). The Hall–Kier alpha value is -0.510. The van der Waals surface area contributed by atoms with Crippen LogP contribution in [0.25, 0.3) is 0 Å². The van der Waals surface area contributed by atoms with Crippen LogP contribution in [0, 0.1) is 0 Å². The first-order chi connectivity index (χ1) is 6.45. The van der Waals surface area contributed by atoms with Crippen LogP contribution in [0.4, 0.5) is 13.2 Å². The summed E-state index contributed by atoms with van der Waals surface area (Å²) in [6.45, 7) is 7.14. The fourth-order valence-electron chi connectivity index (χ4n) is 0.966. The normalized spacial score (nSPS) is 11.7. The van der Waals surface area contributed by atoms with Crippen molar-refractivity contribution < 1.29 is 13.2 Å². The Morgan fingerprint density at radius 1 is 1.29 bits per heavy atom. The number of hydrogen-bond acceptors (Lipinski definition) is 1. The van der Waals surface area contributed by atoms with Crippen molar-refractivity contribution in [2.24, 2.45) is 0 Å². The smallest absolute Gasteiger partial charge is 0.313 e. The van der Waals surface area contributed by atoms with Crippen LogP contribution >= 0.6 is 0 Å². The second-order valence-electron chi connectivity index (χ2n) is 3.35. The quantitative estimate of drug-likeness (QED) is 0.501. The van der Waals surface area contributed by atoms with E-state index in [1.807, 2.05) is 6.92 Å². The Morgan fingerprint density at radius 2 is 1.93 bits per heavy atom. The van der Waals surface area contributed by atoms with Crippen molar-refractivity contribution in [2.45, 2.75) is 38.8 Å². The van der Waals surface area contributed by atoms with E-state index in [9.17, 15) is 13.2 Å². The lowest BCUT2D eigenvalue weighted by Gasteiger charge is -2.07. The molecule has 0 heterocycles. The Labute approximate surface area is 83.4 Å². The van der Waals surface area contributed by atoms with Crippen LogP contribution in [-0.2, 0) is 0 Å². The van der Waals surface area contributed by atoms with Crippen molar-refractivity contribution in [2.75, 3.05) is 13.1 Å². The highest BCUT2D eigenvalue weighted by atomic mass is 19.4. The molecule has 0 bridgehead atoms. The van der Waals surface area contributed by atoms with Crippen molar-refractivity contribution in [1.82, 2.24) is 5.32 Å². The second kappa shape index (κ2) is 6.87. The first-order valence-corrected chi connectivity index (χ1v) is 4.90. The molecule has 0 aromatic heterocycles. The van der Waals surface area contributed by atoms with Gasteiger partial charge in [-0.2, -0.15) is 13.2 Å². The van der Waals surface area contributed by atoms with Gasteiger partial charge >= 0.3 is 6.18 Å². The van der Waals surface area contributed by atoms with Gasteiger partial charge < -0.3 is 5.32 Å². The Kier molecular flexibility index (Phi) is 6.62. The maximum atomic E-state index is 11.7. The number of halogens is 3. The fraction of sp³-hybridized carbons (Fsp3) is 0.800. The Balaban J connectivity index is 3.18. The molecule has 0 aromatic rings. The molecule has 0 unspecified atom stereocenters. The molecule has 0 aliphatic carbocycles. The van der Waals surface area contributed by atoms with Gasteiger partial charge in [0.15, 0.2) is 0 Å². The SMILES string of the molecule is C=C(CC)CNCCCCC(F)(F)F. The van der Waals surface area contributed by atoms with E-state index < -0.39 is 12.6 Å². The first-order valence-electron chi connectivity index (χ1n) is 4.90. The standard InChI is InChI=1S/C10H18F3N/c1-3-9(2)8-14-7-5-4-6-10(11,12)13/h14H,2-8H2,1H3. The van der Waals surface area contributed by atoms with Gasteiger partial charge in [-0.1, -0.05) is 19.1 Å². The monoisotopic (exact) mass is 209 g/mol. The van der Waals surface area contributed by atoms with E-state index >= 15 is 0 Å². The highest BCUT2D eigenvalue weighted by Crippen LogP contribution is 2.21. The molecule has 0 fully saturated rings. The van der Waals surface area contributed by atoms with Gasteiger partial charge in [0.2, 0.25) is 0 Å². The van der Waals surface area contributed by atoms with Crippen LogP contribution < -0.4 is 5.32 Å². The minimum absolute atomic E-state index is 0.203. The van der Waals surface area contributed by atoms with Crippen LogP contribution in [0.3, 0.4) is 0 Å². The van der Waals surface area contributed by atoms with E-state index in [2.05, 4.69) is 11.9 Å². The molecular formula is C10H18F3N. The summed E-state index contributed by atoms with van der Waals surface area (Å²) >= 11 is 0. The number of hydrogen-bond donors (Lipinski definition) is 1. The molecule has 0 aromatic carbocycles. The Morgan fingerprint density at radius 3 is 2.43 bits per heavy atom. The molecular weight excluding hydrogens is 191 g/mol. The van der Waals surface area contributed by atoms with Crippen molar-refractivity contribution in [1.29, 1.82) is 0 Å². The molecule has 0 spiro atoms. The van der Waals surface area contributed by atoms with Gasteiger partial charge in [0.25, 0.3) is 0 Å². The molecule has 1 nitrogen and oxygen atoms in total. The third-order valence-electron chi connectivity index (χ3n) is 1.94. The zero-order valence-electron chi connectivity index (χ0n) is 8.58. The van der Waals surface area contributed by atoms with Crippen LogP contribution in [0.5, 0.6) is 0 Å². The predicted octanol–water partition coefficient (Wildman–Crippen LogP) is 3.27. The average molecular weight is 209 g/mol. The van der Waals surface area contributed by atoms with Gasteiger partial charge in [-0.25, -0.2) is 0 Å². The molecule has 0 radical (unpaired) electrons. The van der Waals surface area contributed by atoms with Crippen LogP contribution in [-0.4, -0.2) is 19.3 Å². The van der Waals surface area contributed by atoms with Crippen LogP contribution in [0.1, 0.15) is 32.6 Å². The zero-order valence-corrected chi connectivity index (χ0v) is 8.58. The predicted molar refractivity (Wildman–Crippen MR) is 52.2 cm³/mol. The van der Waals surface area contributed by atoms with Crippen molar-refractivity contribution >= 4 is 0 Å². The van der Waals surface area contributed by atoms with Crippen molar-refractivity contribution in [3.63, 3.8) is 0 Å². The summed E-state index contributed by atoms with van der Waals surface area (Å²) in [5.41, 5.74) is 1.08. The lowest BCUT2D eigenvalue weighted by molar-refractivity contribution is -0.135. The van der Waals surface area contributed by atoms with Gasteiger partial charge in [-0.15, -0.1) is 0 Å². The molecule has 0 saturated heterocycles. The number of unbranched alkanes of at least 4 members (excludes halogenated alkanes) is 1. The third kappa shape index (κ3) is 9.58. The maximum absolute atomic E-state index is 11.7. The van der Waals surface area contributed by atoms with Gasteiger partial charge in [-0.3, -0.25) is 0 Å². The molecule has 0 saturated carbocycles. The van der Waals surface area contributed by atoms with E-state index in [-0.39, 0.29) is 6.42 Å². The summed E-state index contributed by atoms with van der Waals surface area (Å²) in [7, 11) is 0. The largest absolute Gasteiger partial charge is 0.389 e. The van der Waals surface area contributed by atoms with Gasteiger partial charge in [0, 0.05) is 13.0 Å². The van der Waals surface area contributed by atoms with Gasteiger partial charge in [0.05, 0.1) is 0 Å². The molecule has 4 heteroatoms. The molecule has 0 atom stereocenters. The van der Waals surface area contributed by atoms with Gasteiger partial charge in [-0.05, 0) is 25.8 Å². The second-order valence-corrected chi connectivity index (χ2v) is 3.35. The van der Waals surface area contributed by atoms with E-state index in [1.54, 1.807) is 0 Å². The molecule has 0 aliphatic rings. The highest BCUT2D eigenvalue weighted by molar-refractivity contribution is 4.94. The maximum Gasteiger partial charge on any atom is 0.389 e. The summed E-state index contributed by atoms with van der Waals surface area (Å²) in [6, 6.07) is 0. The molecule has 14 heavy (non-hydrogen) atoms. The summed E-state index contributed by atoms with van der Waals surface area (Å²) < 4.78 is 35.1. The molecule has 1 N–H and O–H groups in total. The number of rotatable bonds is 7. The van der Waals surface area contributed by atoms with Gasteiger partial charge in [0.1, 0.15) is 0 Å². The molecule has 84 valence electrons. The number of alkyl halides is 3. The van der Waals surface area contributed by atoms with E-state index in [0.717, 1.165) is 12.0 Å². The number of nitrogens with one attached hydrogen (secondary N) is 1. The van der Waals surface area contributed by atoms with Crippen molar-refractivity contribution in [3.05, 3.63) is 12.2 Å². The minimum atomic E-state index is -4.01. The first kappa shape index (κ1) is 13.5. The zero-order chi connectivity index (χ0) is 11.0. The summed E-state index contributed by atoms with van der Waals surface area (Å²) in [5.74, 6) is 0. The fourth-order valence-corrected chi connectivity index (χ4v) is 0.966. The highest BCUT2D eigenvalue weighted by Gasteiger charge is 2.25. The van der Waals surface area contributed by atoms with E-state index in [4.69, 9.17) is 0 Å².